The molecular formula is C14H23N3O2S2. The zero-order valence-electron chi connectivity index (χ0n) is 12.6. The minimum atomic E-state index is -3.39. The van der Waals surface area contributed by atoms with Crippen molar-refractivity contribution in [1.82, 2.24) is 14.9 Å². The van der Waals surface area contributed by atoms with E-state index in [9.17, 15) is 8.42 Å². The predicted molar refractivity (Wildman–Crippen MR) is 85.1 cm³/mol. The van der Waals surface area contributed by atoms with Gasteiger partial charge in [0.05, 0.1) is 4.90 Å². The molecule has 1 unspecified atom stereocenters. The molecule has 2 N–H and O–H groups in total. The van der Waals surface area contributed by atoms with Crippen LogP contribution in [0.2, 0.25) is 0 Å². The third-order valence-electron chi connectivity index (χ3n) is 4.07. The maximum atomic E-state index is 12.5. The van der Waals surface area contributed by atoms with E-state index < -0.39 is 10.0 Å². The molecule has 0 spiro atoms. The first-order chi connectivity index (χ1) is 9.94. The first kappa shape index (κ1) is 15.4. The predicted octanol–water partition coefficient (Wildman–Crippen LogP) is 1.29. The summed E-state index contributed by atoms with van der Waals surface area (Å²) in [5, 5.41) is 3.43. The number of likely N-dealkylation sites (tertiary alicyclic amines) is 1. The van der Waals surface area contributed by atoms with Gasteiger partial charge in [-0.3, -0.25) is 0 Å². The molecular weight excluding hydrogens is 306 g/mol. The second kappa shape index (κ2) is 5.96. The van der Waals surface area contributed by atoms with E-state index in [2.05, 4.69) is 14.9 Å². The summed E-state index contributed by atoms with van der Waals surface area (Å²) < 4.78 is 27.9. The van der Waals surface area contributed by atoms with Crippen LogP contribution in [0.3, 0.4) is 0 Å². The van der Waals surface area contributed by atoms with E-state index in [0.29, 0.717) is 10.9 Å². The zero-order valence-corrected chi connectivity index (χ0v) is 14.2. The molecule has 3 rings (SSSR count). The van der Waals surface area contributed by atoms with Gasteiger partial charge < -0.3 is 10.2 Å². The normalized spacial score (nSPS) is 23.8. The molecule has 0 amide bonds. The highest BCUT2D eigenvalue weighted by Gasteiger charge is 2.28. The van der Waals surface area contributed by atoms with Crippen LogP contribution in [0.5, 0.6) is 0 Å². The van der Waals surface area contributed by atoms with Gasteiger partial charge in [0.2, 0.25) is 10.0 Å². The van der Waals surface area contributed by atoms with Crippen molar-refractivity contribution in [2.75, 3.05) is 20.1 Å². The van der Waals surface area contributed by atoms with E-state index in [1.165, 1.54) is 12.8 Å². The summed E-state index contributed by atoms with van der Waals surface area (Å²) in [6.45, 7) is 4.41. The molecule has 118 valence electrons. The summed E-state index contributed by atoms with van der Waals surface area (Å²) in [6.07, 6.45) is 3.37. The number of likely N-dealkylation sites (N-methyl/N-ethyl adjacent to an activating group) is 1. The van der Waals surface area contributed by atoms with Gasteiger partial charge in [0.25, 0.3) is 0 Å². The lowest BCUT2D eigenvalue weighted by atomic mass is 10.3. The van der Waals surface area contributed by atoms with Crippen LogP contribution in [-0.2, 0) is 16.6 Å². The largest absolute Gasteiger partial charge is 0.309 e. The molecule has 1 saturated carbocycles. The first-order valence-electron chi connectivity index (χ1n) is 7.47. The lowest BCUT2D eigenvalue weighted by Crippen LogP contribution is -2.36. The van der Waals surface area contributed by atoms with Crippen molar-refractivity contribution in [3.05, 3.63) is 15.8 Å². The molecule has 1 aliphatic carbocycles. The fraction of sp³-hybridized carbons (Fsp3) is 0.714. The Morgan fingerprint density at radius 2 is 2.10 bits per heavy atom. The molecule has 21 heavy (non-hydrogen) atoms. The van der Waals surface area contributed by atoms with Crippen molar-refractivity contribution in [2.45, 2.75) is 49.7 Å². The molecule has 2 heterocycles. The van der Waals surface area contributed by atoms with E-state index in [1.54, 1.807) is 11.3 Å². The van der Waals surface area contributed by atoms with Gasteiger partial charge in [-0.15, -0.1) is 11.3 Å². The second-order valence-corrected chi connectivity index (χ2v) is 9.18. The molecule has 0 radical (unpaired) electrons. The molecule has 2 aliphatic rings. The Morgan fingerprint density at radius 1 is 1.33 bits per heavy atom. The van der Waals surface area contributed by atoms with Crippen LogP contribution in [0.4, 0.5) is 0 Å². The Hall–Kier alpha value is -0.470. The molecule has 0 aromatic carbocycles. The van der Waals surface area contributed by atoms with Gasteiger partial charge in [-0.2, -0.15) is 0 Å². The summed E-state index contributed by atoms with van der Waals surface area (Å²) in [5.74, 6) is 0. The van der Waals surface area contributed by atoms with Gasteiger partial charge in [-0.1, -0.05) is 0 Å². The lowest BCUT2D eigenvalue weighted by molar-refractivity contribution is 0.407. The SMILES string of the molecule is Cc1sc(CNC2CC2)cc1S(=O)(=O)NC1CCN(C)C1. The van der Waals surface area contributed by atoms with Gasteiger partial charge in [0, 0.05) is 34.9 Å². The Bertz CT molecular complexity index is 608. The molecule has 5 nitrogen and oxygen atoms in total. The highest BCUT2D eigenvalue weighted by Crippen LogP contribution is 2.27. The Labute approximate surface area is 130 Å². The molecule has 7 heteroatoms. The van der Waals surface area contributed by atoms with Crippen LogP contribution in [0.25, 0.3) is 0 Å². The van der Waals surface area contributed by atoms with E-state index in [0.717, 1.165) is 35.8 Å². The van der Waals surface area contributed by atoms with Gasteiger partial charge in [-0.25, -0.2) is 13.1 Å². The average molecular weight is 329 g/mol. The standard InChI is InChI=1S/C14H23N3O2S2/c1-10-14(7-13(20-10)8-15-11-3-4-11)21(18,19)16-12-5-6-17(2)9-12/h7,11-12,15-16H,3-6,8-9H2,1-2H3. The molecule has 1 atom stereocenters. The van der Waals surface area contributed by atoms with Crippen LogP contribution < -0.4 is 10.0 Å². The summed E-state index contributed by atoms with van der Waals surface area (Å²) in [4.78, 5) is 4.58. The number of nitrogens with one attached hydrogen (secondary N) is 2. The Balaban J connectivity index is 1.68. The summed E-state index contributed by atoms with van der Waals surface area (Å²) in [7, 11) is -1.37. The number of thiophene rings is 1. The van der Waals surface area contributed by atoms with Crippen molar-refractivity contribution in [2.24, 2.45) is 0 Å². The van der Waals surface area contributed by atoms with Crippen molar-refractivity contribution in [1.29, 1.82) is 0 Å². The third-order valence-corrected chi connectivity index (χ3v) is 6.89. The molecule has 2 fully saturated rings. The number of hydrogen-bond acceptors (Lipinski definition) is 5. The van der Waals surface area contributed by atoms with Crippen LogP contribution in [0.15, 0.2) is 11.0 Å². The quantitative estimate of drug-likeness (QED) is 0.826. The van der Waals surface area contributed by atoms with E-state index in [-0.39, 0.29) is 6.04 Å². The fourth-order valence-electron chi connectivity index (χ4n) is 2.72. The monoisotopic (exact) mass is 329 g/mol. The van der Waals surface area contributed by atoms with Crippen LogP contribution in [0, 0.1) is 6.92 Å². The number of hydrogen-bond donors (Lipinski definition) is 2. The average Bonchev–Trinajstić information content (AvgIpc) is 3.03. The van der Waals surface area contributed by atoms with Crippen molar-refractivity contribution in [3.8, 4) is 0 Å². The molecule has 1 aromatic heterocycles. The van der Waals surface area contributed by atoms with E-state index in [1.807, 2.05) is 20.0 Å². The minimum absolute atomic E-state index is 0.0346. The zero-order chi connectivity index (χ0) is 15.0. The summed E-state index contributed by atoms with van der Waals surface area (Å²) >= 11 is 1.58. The van der Waals surface area contributed by atoms with Crippen LogP contribution in [-0.4, -0.2) is 45.5 Å². The van der Waals surface area contributed by atoms with E-state index in [4.69, 9.17) is 0 Å². The maximum Gasteiger partial charge on any atom is 0.241 e. The van der Waals surface area contributed by atoms with Crippen molar-refractivity contribution >= 4 is 21.4 Å². The van der Waals surface area contributed by atoms with Gasteiger partial charge in [-0.05, 0) is 45.8 Å². The lowest BCUT2D eigenvalue weighted by Gasteiger charge is -2.13. The number of nitrogens with zero attached hydrogens (tertiary/aromatic N) is 1. The number of sulfonamides is 1. The first-order valence-corrected chi connectivity index (χ1v) is 9.77. The fourth-order valence-corrected chi connectivity index (χ4v) is 5.57. The third kappa shape index (κ3) is 3.84. The second-order valence-electron chi connectivity index (χ2n) is 6.16. The molecule has 1 aliphatic heterocycles. The Kier molecular flexibility index (Phi) is 4.38. The van der Waals surface area contributed by atoms with E-state index >= 15 is 0 Å². The smallest absolute Gasteiger partial charge is 0.241 e. The van der Waals surface area contributed by atoms with Gasteiger partial charge >= 0.3 is 0 Å². The topological polar surface area (TPSA) is 61.4 Å². The van der Waals surface area contributed by atoms with Crippen molar-refractivity contribution < 1.29 is 8.42 Å². The highest BCUT2D eigenvalue weighted by molar-refractivity contribution is 7.89. The Morgan fingerprint density at radius 3 is 2.71 bits per heavy atom. The summed E-state index contributed by atoms with van der Waals surface area (Å²) in [6, 6.07) is 2.50. The van der Waals surface area contributed by atoms with Crippen LogP contribution in [0.1, 0.15) is 29.0 Å². The molecule has 1 saturated heterocycles. The number of rotatable bonds is 6. The number of aryl methyl sites for hydroxylation is 1. The van der Waals surface area contributed by atoms with Crippen molar-refractivity contribution in [3.63, 3.8) is 0 Å². The van der Waals surface area contributed by atoms with Gasteiger partial charge in [0.15, 0.2) is 0 Å². The maximum absolute atomic E-state index is 12.5. The highest BCUT2D eigenvalue weighted by atomic mass is 32.2. The summed E-state index contributed by atoms with van der Waals surface area (Å²) in [5.41, 5.74) is 0. The minimum Gasteiger partial charge on any atom is -0.309 e. The van der Waals surface area contributed by atoms with Gasteiger partial charge in [0.1, 0.15) is 0 Å². The molecule has 1 aromatic rings. The molecule has 0 bridgehead atoms. The van der Waals surface area contributed by atoms with Crippen LogP contribution >= 0.6 is 11.3 Å².